The number of rotatable bonds is 8. The number of carbonyl (C=O) groups excluding carboxylic acids is 3. The molecule has 3 aromatic rings. The molecule has 0 radical (unpaired) electrons. The lowest BCUT2D eigenvalue weighted by atomic mass is 10.1. The number of para-hydroxylation sites is 1. The largest absolute Gasteiger partial charge is 0.457 e. The van der Waals surface area contributed by atoms with Crippen molar-refractivity contribution < 1.29 is 19.1 Å². The fourth-order valence-corrected chi connectivity index (χ4v) is 3.54. The van der Waals surface area contributed by atoms with E-state index in [4.69, 9.17) is 4.74 Å². The van der Waals surface area contributed by atoms with Crippen molar-refractivity contribution in [3.63, 3.8) is 0 Å². The van der Waals surface area contributed by atoms with Crippen LogP contribution in [0.2, 0.25) is 0 Å². The summed E-state index contributed by atoms with van der Waals surface area (Å²) in [5.74, 6) is -0.511. The van der Waals surface area contributed by atoms with Crippen molar-refractivity contribution in [2.45, 2.75) is 38.6 Å². The van der Waals surface area contributed by atoms with Gasteiger partial charge in [0, 0.05) is 30.6 Å². The van der Waals surface area contributed by atoms with E-state index in [0.717, 1.165) is 12.8 Å². The van der Waals surface area contributed by atoms with Gasteiger partial charge < -0.3 is 10.1 Å². The number of aryl methyl sites for hydroxylation is 1. The molecule has 1 amide bonds. The van der Waals surface area contributed by atoms with Crippen LogP contribution >= 0.6 is 0 Å². The summed E-state index contributed by atoms with van der Waals surface area (Å²) in [6.45, 7) is 1.02. The molecule has 0 spiro atoms. The SMILES string of the molecule is CC(=O)Nc1ccc(C(=O)COC(=O)CCc2nc3ccccc3c(=O)n2C2CC2)cc1. The second-order valence-corrected chi connectivity index (χ2v) is 7.79. The molecule has 0 bridgehead atoms. The zero-order valence-electron chi connectivity index (χ0n) is 17.7. The number of hydrogen-bond acceptors (Lipinski definition) is 6. The summed E-state index contributed by atoms with van der Waals surface area (Å²) in [4.78, 5) is 53.0. The van der Waals surface area contributed by atoms with Crippen molar-refractivity contribution in [3.05, 3.63) is 70.3 Å². The van der Waals surface area contributed by atoms with Crippen LogP contribution in [-0.4, -0.2) is 33.8 Å². The molecule has 0 saturated heterocycles. The fraction of sp³-hybridized carbons (Fsp3) is 0.292. The first-order valence-corrected chi connectivity index (χ1v) is 10.5. The molecule has 8 nitrogen and oxygen atoms in total. The standard InChI is InChI=1S/C24H23N3O5/c1-15(28)25-17-8-6-16(7-9-17)21(29)14-32-23(30)13-12-22-26-20-5-3-2-4-19(20)24(31)27(22)18-10-11-18/h2-9,18H,10-14H2,1H3,(H,25,28). The minimum absolute atomic E-state index is 0.0201. The summed E-state index contributed by atoms with van der Waals surface area (Å²) in [6, 6.07) is 13.7. The second-order valence-electron chi connectivity index (χ2n) is 7.79. The van der Waals surface area contributed by atoms with Crippen molar-refractivity contribution in [1.82, 2.24) is 9.55 Å². The number of hydrogen-bond donors (Lipinski definition) is 1. The molecule has 32 heavy (non-hydrogen) atoms. The Hall–Kier alpha value is -3.81. The van der Waals surface area contributed by atoms with Gasteiger partial charge in [0.05, 0.1) is 17.3 Å². The molecule has 2 aromatic carbocycles. The van der Waals surface area contributed by atoms with Crippen LogP contribution in [0.3, 0.4) is 0 Å². The number of aromatic nitrogens is 2. The van der Waals surface area contributed by atoms with E-state index in [2.05, 4.69) is 10.3 Å². The van der Waals surface area contributed by atoms with E-state index < -0.39 is 5.97 Å². The third-order valence-electron chi connectivity index (χ3n) is 5.24. The fourth-order valence-electron chi connectivity index (χ4n) is 3.54. The van der Waals surface area contributed by atoms with Crippen LogP contribution in [0.1, 0.15) is 48.4 Å². The quantitative estimate of drug-likeness (QED) is 0.432. The summed E-state index contributed by atoms with van der Waals surface area (Å²) >= 11 is 0. The van der Waals surface area contributed by atoms with Crippen LogP contribution in [0.25, 0.3) is 10.9 Å². The van der Waals surface area contributed by atoms with Gasteiger partial charge in [-0.05, 0) is 49.2 Å². The van der Waals surface area contributed by atoms with Crippen molar-refractivity contribution >= 4 is 34.3 Å². The highest BCUT2D eigenvalue weighted by molar-refractivity contribution is 5.98. The number of ether oxygens (including phenoxy) is 1. The molecule has 1 saturated carbocycles. The molecule has 1 aliphatic carbocycles. The van der Waals surface area contributed by atoms with E-state index in [9.17, 15) is 19.2 Å². The Balaban J connectivity index is 1.37. The van der Waals surface area contributed by atoms with Gasteiger partial charge in [-0.2, -0.15) is 0 Å². The normalized spacial score (nSPS) is 13.0. The number of ketones is 1. The van der Waals surface area contributed by atoms with Gasteiger partial charge in [0.1, 0.15) is 5.82 Å². The van der Waals surface area contributed by atoms with E-state index in [1.807, 2.05) is 12.1 Å². The predicted octanol–water partition coefficient (Wildman–Crippen LogP) is 3.05. The predicted molar refractivity (Wildman–Crippen MR) is 119 cm³/mol. The Labute approximate surface area is 184 Å². The van der Waals surface area contributed by atoms with Gasteiger partial charge in [0.15, 0.2) is 12.4 Å². The zero-order chi connectivity index (χ0) is 22.7. The molecule has 4 rings (SSSR count). The van der Waals surface area contributed by atoms with Crippen LogP contribution < -0.4 is 10.9 Å². The van der Waals surface area contributed by atoms with Crippen LogP contribution in [0.5, 0.6) is 0 Å². The Kier molecular flexibility index (Phi) is 6.11. The minimum Gasteiger partial charge on any atom is -0.457 e. The van der Waals surface area contributed by atoms with Gasteiger partial charge >= 0.3 is 5.97 Å². The number of carbonyl (C=O) groups is 3. The first kappa shape index (κ1) is 21.4. The third kappa shape index (κ3) is 4.91. The topological polar surface area (TPSA) is 107 Å². The molecule has 1 heterocycles. The second kappa shape index (κ2) is 9.13. The number of esters is 1. The summed E-state index contributed by atoms with van der Waals surface area (Å²) in [5, 5.41) is 3.19. The van der Waals surface area contributed by atoms with Crippen molar-refractivity contribution in [2.24, 2.45) is 0 Å². The summed E-state index contributed by atoms with van der Waals surface area (Å²) in [6.07, 6.45) is 2.13. The molecular formula is C24H23N3O5. The number of amides is 1. The van der Waals surface area contributed by atoms with Crippen LogP contribution in [0, 0.1) is 0 Å². The maximum atomic E-state index is 12.9. The van der Waals surface area contributed by atoms with Crippen LogP contribution in [-0.2, 0) is 20.7 Å². The number of anilines is 1. The minimum atomic E-state index is -0.530. The summed E-state index contributed by atoms with van der Waals surface area (Å²) < 4.78 is 6.83. The van der Waals surface area contributed by atoms with Crippen LogP contribution in [0.15, 0.2) is 53.3 Å². The Morgan fingerprint density at radius 2 is 1.81 bits per heavy atom. The van der Waals surface area contributed by atoms with Crippen LogP contribution in [0.4, 0.5) is 5.69 Å². The maximum absolute atomic E-state index is 12.9. The van der Waals surface area contributed by atoms with E-state index in [-0.39, 0.29) is 42.7 Å². The Morgan fingerprint density at radius 1 is 1.09 bits per heavy atom. The van der Waals surface area contributed by atoms with Gasteiger partial charge in [-0.15, -0.1) is 0 Å². The first-order valence-electron chi connectivity index (χ1n) is 10.5. The molecule has 1 aliphatic rings. The Bertz CT molecular complexity index is 1240. The lowest BCUT2D eigenvalue weighted by molar-refractivity contribution is -0.142. The maximum Gasteiger partial charge on any atom is 0.306 e. The van der Waals surface area contributed by atoms with Crippen molar-refractivity contribution in [2.75, 3.05) is 11.9 Å². The van der Waals surface area contributed by atoms with E-state index in [1.54, 1.807) is 41.0 Å². The molecule has 1 N–H and O–H groups in total. The summed E-state index contributed by atoms with van der Waals surface area (Å²) in [7, 11) is 0. The number of Topliss-reactive ketones (excluding diaryl/α,β-unsaturated/α-hetero) is 1. The average Bonchev–Trinajstić information content (AvgIpc) is 3.61. The monoisotopic (exact) mass is 433 g/mol. The number of fused-ring (bicyclic) bond motifs is 1. The highest BCUT2D eigenvalue weighted by atomic mass is 16.5. The molecule has 0 atom stereocenters. The summed E-state index contributed by atoms with van der Waals surface area (Å²) in [5.41, 5.74) is 1.48. The lowest BCUT2D eigenvalue weighted by Crippen LogP contribution is -2.25. The molecule has 0 unspecified atom stereocenters. The van der Waals surface area contributed by atoms with E-state index >= 15 is 0 Å². The van der Waals surface area contributed by atoms with Crippen molar-refractivity contribution in [1.29, 1.82) is 0 Å². The average molecular weight is 433 g/mol. The van der Waals surface area contributed by atoms with Crippen molar-refractivity contribution in [3.8, 4) is 0 Å². The van der Waals surface area contributed by atoms with E-state index in [0.29, 0.717) is 28.0 Å². The third-order valence-corrected chi connectivity index (χ3v) is 5.24. The van der Waals surface area contributed by atoms with Gasteiger partial charge in [-0.25, -0.2) is 4.98 Å². The molecule has 1 fully saturated rings. The molecular weight excluding hydrogens is 410 g/mol. The smallest absolute Gasteiger partial charge is 0.306 e. The zero-order valence-corrected chi connectivity index (χ0v) is 17.7. The lowest BCUT2D eigenvalue weighted by Gasteiger charge is -2.12. The van der Waals surface area contributed by atoms with E-state index in [1.165, 1.54) is 6.92 Å². The first-order chi connectivity index (χ1) is 15.4. The van der Waals surface area contributed by atoms with Gasteiger partial charge in [0.25, 0.3) is 5.56 Å². The Morgan fingerprint density at radius 3 is 2.50 bits per heavy atom. The van der Waals surface area contributed by atoms with Gasteiger partial charge in [-0.1, -0.05) is 12.1 Å². The molecule has 164 valence electrons. The molecule has 8 heteroatoms. The highest BCUT2D eigenvalue weighted by Crippen LogP contribution is 2.34. The number of benzene rings is 2. The van der Waals surface area contributed by atoms with Gasteiger partial charge in [-0.3, -0.25) is 23.7 Å². The van der Waals surface area contributed by atoms with Gasteiger partial charge in [0.2, 0.25) is 5.91 Å². The molecule has 0 aliphatic heterocycles. The highest BCUT2D eigenvalue weighted by Gasteiger charge is 2.28. The molecule has 1 aromatic heterocycles. The number of nitrogens with one attached hydrogen (secondary N) is 1. The number of nitrogens with zero attached hydrogens (tertiary/aromatic N) is 2.